The fourth-order valence-corrected chi connectivity index (χ4v) is 3.88. The van der Waals surface area contributed by atoms with Gasteiger partial charge in [0.25, 0.3) is 5.69 Å². The minimum absolute atomic E-state index is 0.00443. The molecule has 2 aromatic carbocycles. The van der Waals surface area contributed by atoms with Gasteiger partial charge in [-0.25, -0.2) is 0 Å². The molecule has 1 heterocycles. The van der Waals surface area contributed by atoms with E-state index < -0.39 is 4.92 Å². The van der Waals surface area contributed by atoms with E-state index in [2.05, 4.69) is 15.9 Å². The number of halogens is 1. The number of rotatable bonds is 7. The van der Waals surface area contributed by atoms with Crippen LogP contribution in [0.1, 0.15) is 22.3 Å². The average molecular weight is 476 g/mol. The van der Waals surface area contributed by atoms with Gasteiger partial charge in [0, 0.05) is 42.3 Å². The van der Waals surface area contributed by atoms with E-state index in [-0.39, 0.29) is 23.6 Å². The van der Waals surface area contributed by atoms with Gasteiger partial charge in [-0.1, -0.05) is 15.9 Å². The Bertz CT molecular complexity index is 958. The number of benzene rings is 2. The fraction of sp³-hybridized carbons (Fsp3) is 0.333. The average Bonchev–Trinajstić information content (AvgIpc) is 2.74. The van der Waals surface area contributed by atoms with Gasteiger partial charge in [-0.2, -0.15) is 0 Å². The van der Waals surface area contributed by atoms with Gasteiger partial charge < -0.3 is 14.5 Å². The van der Waals surface area contributed by atoms with E-state index in [0.717, 1.165) is 15.8 Å². The second-order valence-corrected chi connectivity index (χ2v) is 7.91. The van der Waals surface area contributed by atoms with Crippen molar-refractivity contribution in [2.75, 3.05) is 37.7 Å². The quantitative estimate of drug-likeness (QED) is 0.345. The normalized spacial score (nSPS) is 13.8. The summed E-state index contributed by atoms with van der Waals surface area (Å²) in [6, 6.07) is 10.1. The Labute approximate surface area is 182 Å². The van der Waals surface area contributed by atoms with Crippen LogP contribution in [0.3, 0.4) is 0 Å². The number of aldehydes is 1. The zero-order valence-electron chi connectivity index (χ0n) is 16.5. The summed E-state index contributed by atoms with van der Waals surface area (Å²) in [5, 5.41) is 11.4. The molecule has 158 valence electrons. The summed E-state index contributed by atoms with van der Waals surface area (Å²) >= 11 is 3.41. The number of nitro benzene ring substituents is 1. The van der Waals surface area contributed by atoms with Crippen molar-refractivity contribution in [2.24, 2.45) is 0 Å². The van der Waals surface area contributed by atoms with Crippen LogP contribution in [0.5, 0.6) is 5.75 Å². The lowest BCUT2D eigenvalue weighted by atomic mass is 10.1. The van der Waals surface area contributed by atoms with Crippen LogP contribution < -0.4 is 9.64 Å². The predicted octanol–water partition coefficient (Wildman–Crippen LogP) is 3.60. The molecule has 0 atom stereocenters. The highest BCUT2D eigenvalue weighted by atomic mass is 79.9. The monoisotopic (exact) mass is 475 g/mol. The largest absolute Gasteiger partial charge is 0.493 e. The summed E-state index contributed by atoms with van der Waals surface area (Å²) < 4.78 is 6.70. The third-order valence-electron chi connectivity index (χ3n) is 5.02. The molecule has 3 rings (SSSR count). The molecule has 0 radical (unpaired) electrons. The van der Waals surface area contributed by atoms with Crippen molar-refractivity contribution in [3.05, 3.63) is 62.1 Å². The summed E-state index contributed by atoms with van der Waals surface area (Å²) in [6.07, 6.45) is 0.856. The Morgan fingerprint density at radius 2 is 1.93 bits per heavy atom. The third kappa shape index (κ3) is 5.15. The van der Waals surface area contributed by atoms with E-state index in [1.165, 1.54) is 6.07 Å². The number of carbonyl (C=O) groups is 2. The van der Waals surface area contributed by atoms with E-state index >= 15 is 0 Å². The van der Waals surface area contributed by atoms with E-state index in [9.17, 15) is 19.7 Å². The second kappa shape index (κ2) is 9.71. The molecule has 9 heteroatoms. The summed E-state index contributed by atoms with van der Waals surface area (Å²) in [5.74, 6) is 0.747. The Morgan fingerprint density at radius 1 is 1.20 bits per heavy atom. The van der Waals surface area contributed by atoms with Gasteiger partial charge >= 0.3 is 0 Å². The first kappa shape index (κ1) is 21.8. The van der Waals surface area contributed by atoms with Crippen LogP contribution >= 0.6 is 15.9 Å². The number of hydrogen-bond acceptors (Lipinski definition) is 6. The minimum Gasteiger partial charge on any atom is -0.493 e. The number of nitro groups is 1. The molecule has 0 saturated carbocycles. The first-order valence-electron chi connectivity index (χ1n) is 9.54. The summed E-state index contributed by atoms with van der Waals surface area (Å²) in [4.78, 5) is 37.9. The molecule has 0 N–H and O–H groups in total. The molecular weight excluding hydrogens is 454 g/mol. The Kier molecular flexibility index (Phi) is 7.04. The Hall–Kier alpha value is -2.94. The maximum absolute atomic E-state index is 12.5. The van der Waals surface area contributed by atoms with Crippen LogP contribution in [-0.2, 0) is 4.79 Å². The van der Waals surface area contributed by atoms with E-state index in [1.54, 1.807) is 17.0 Å². The van der Waals surface area contributed by atoms with Crippen LogP contribution in [0.4, 0.5) is 11.4 Å². The second-order valence-electron chi connectivity index (χ2n) is 7.00. The molecule has 2 aromatic rings. The number of aryl methyl sites for hydroxylation is 1. The molecule has 0 bridgehead atoms. The van der Waals surface area contributed by atoms with E-state index in [0.29, 0.717) is 44.8 Å². The first-order valence-corrected chi connectivity index (χ1v) is 10.3. The SMILES string of the molecule is Cc1cc(Br)ccc1OCCC(=O)N1CCN(c2ccc(C=O)cc2[N+](=O)[O-])CC1. The number of ether oxygens (including phenoxy) is 1. The number of hydrogen-bond donors (Lipinski definition) is 0. The predicted molar refractivity (Wildman–Crippen MR) is 116 cm³/mol. The molecule has 1 fully saturated rings. The molecule has 1 amide bonds. The molecular formula is C21H22BrN3O5. The summed E-state index contributed by atoms with van der Waals surface area (Å²) in [5.41, 5.74) is 1.62. The van der Waals surface area contributed by atoms with E-state index in [4.69, 9.17) is 4.74 Å². The van der Waals surface area contributed by atoms with Gasteiger partial charge in [0.1, 0.15) is 17.7 Å². The molecule has 0 spiro atoms. The highest BCUT2D eigenvalue weighted by molar-refractivity contribution is 9.10. The topological polar surface area (TPSA) is 93.0 Å². The van der Waals surface area contributed by atoms with Crippen LogP contribution in [-0.4, -0.2) is 54.8 Å². The lowest BCUT2D eigenvalue weighted by Gasteiger charge is -2.35. The number of anilines is 1. The highest BCUT2D eigenvalue weighted by Gasteiger charge is 2.26. The molecule has 0 aliphatic carbocycles. The van der Waals surface area contributed by atoms with Crippen LogP contribution in [0, 0.1) is 17.0 Å². The molecule has 1 aliphatic heterocycles. The maximum Gasteiger partial charge on any atom is 0.293 e. The zero-order valence-corrected chi connectivity index (χ0v) is 18.1. The fourth-order valence-electron chi connectivity index (χ4n) is 3.41. The van der Waals surface area contributed by atoms with Gasteiger partial charge in [0.2, 0.25) is 5.91 Å². The van der Waals surface area contributed by atoms with Gasteiger partial charge in [0.15, 0.2) is 0 Å². The van der Waals surface area contributed by atoms with Gasteiger partial charge in [-0.15, -0.1) is 0 Å². The van der Waals surface area contributed by atoms with Gasteiger partial charge in [0.05, 0.1) is 18.0 Å². The molecule has 0 aromatic heterocycles. The lowest BCUT2D eigenvalue weighted by molar-refractivity contribution is -0.384. The Morgan fingerprint density at radius 3 is 2.57 bits per heavy atom. The highest BCUT2D eigenvalue weighted by Crippen LogP contribution is 2.30. The van der Waals surface area contributed by atoms with Crippen molar-refractivity contribution in [1.82, 2.24) is 4.90 Å². The van der Waals surface area contributed by atoms with Crippen LogP contribution in [0.25, 0.3) is 0 Å². The van der Waals surface area contributed by atoms with Crippen LogP contribution in [0.15, 0.2) is 40.9 Å². The maximum atomic E-state index is 12.5. The van der Waals surface area contributed by atoms with Crippen molar-refractivity contribution in [2.45, 2.75) is 13.3 Å². The summed E-state index contributed by atoms with van der Waals surface area (Å²) in [6.45, 7) is 4.16. The van der Waals surface area contributed by atoms with Crippen LogP contribution in [0.2, 0.25) is 0 Å². The van der Waals surface area contributed by atoms with Gasteiger partial charge in [-0.3, -0.25) is 19.7 Å². The lowest BCUT2D eigenvalue weighted by Crippen LogP contribution is -2.49. The van der Waals surface area contributed by atoms with Crippen molar-refractivity contribution in [1.29, 1.82) is 0 Å². The zero-order chi connectivity index (χ0) is 21.7. The Balaban J connectivity index is 1.53. The number of carbonyl (C=O) groups excluding carboxylic acids is 2. The van der Waals surface area contributed by atoms with Crippen molar-refractivity contribution in [3.8, 4) is 5.75 Å². The number of piperazine rings is 1. The van der Waals surface area contributed by atoms with Crippen molar-refractivity contribution < 1.29 is 19.2 Å². The van der Waals surface area contributed by atoms with Crippen molar-refractivity contribution >= 4 is 39.5 Å². The van der Waals surface area contributed by atoms with Gasteiger partial charge in [-0.05, 0) is 42.8 Å². The minimum atomic E-state index is -0.485. The number of nitrogens with zero attached hydrogens (tertiary/aromatic N) is 3. The molecule has 1 saturated heterocycles. The number of amides is 1. The molecule has 8 nitrogen and oxygen atoms in total. The van der Waals surface area contributed by atoms with E-state index in [1.807, 2.05) is 30.0 Å². The van der Waals surface area contributed by atoms with Crippen molar-refractivity contribution in [3.63, 3.8) is 0 Å². The molecule has 1 aliphatic rings. The summed E-state index contributed by atoms with van der Waals surface area (Å²) in [7, 11) is 0. The third-order valence-corrected chi connectivity index (χ3v) is 5.51. The molecule has 0 unspecified atom stereocenters. The smallest absolute Gasteiger partial charge is 0.293 e. The standard InChI is InChI=1S/C21H22BrN3O5/c1-15-12-17(22)3-5-20(15)30-11-6-21(27)24-9-7-23(8-10-24)18-4-2-16(14-26)13-19(18)25(28)29/h2-5,12-14H,6-11H2,1H3. The molecule has 30 heavy (non-hydrogen) atoms. The first-order chi connectivity index (χ1) is 14.4.